The van der Waals surface area contributed by atoms with Crippen LogP contribution in [0.3, 0.4) is 0 Å². The summed E-state index contributed by atoms with van der Waals surface area (Å²) in [6, 6.07) is 13.1. The highest BCUT2D eigenvalue weighted by molar-refractivity contribution is 5.95. The average Bonchev–Trinajstić information content (AvgIpc) is 3.04. The van der Waals surface area contributed by atoms with Gasteiger partial charge in [0.15, 0.2) is 0 Å². The van der Waals surface area contributed by atoms with E-state index in [0.29, 0.717) is 24.1 Å². The Kier molecular flexibility index (Phi) is 4.84. The van der Waals surface area contributed by atoms with Crippen LogP contribution in [0.4, 0.5) is 5.69 Å². The van der Waals surface area contributed by atoms with Crippen molar-refractivity contribution in [2.75, 3.05) is 12.4 Å². The van der Waals surface area contributed by atoms with E-state index in [0.717, 1.165) is 22.0 Å². The molecule has 0 atom stereocenters. The molecule has 0 unspecified atom stereocenters. The van der Waals surface area contributed by atoms with E-state index in [1.807, 2.05) is 37.4 Å². The van der Waals surface area contributed by atoms with Crippen LogP contribution >= 0.6 is 0 Å². The lowest BCUT2D eigenvalue weighted by molar-refractivity contribution is -0.116. The van der Waals surface area contributed by atoms with Gasteiger partial charge in [-0.15, -0.1) is 0 Å². The van der Waals surface area contributed by atoms with Gasteiger partial charge in [0.25, 0.3) is 0 Å². The average molecular weight is 336 g/mol. The van der Waals surface area contributed by atoms with Crippen LogP contribution in [0.1, 0.15) is 27.9 Å². The van der Waals surface area contributed by atoms with Crippen LogP contribution in [-0.4, -0.2) is 24.0 Å². The van der Waals surface area contributed by atoms with E-state index in [-0.39, 0.29) is 5.91 Å². The minimum atomic E-state index is -0.422. The van der Waals surface area contributed by atoms with E-state index >= 15 is 0 Å². The summed E-state index contributed by atoms with van der Waals surface area (Å²) in [6.45, 7) is 1.89. The molecular weight excluding hydrogens is 316 g/mol. The van der Waals surface area contributed by atoms with Crippen LogP contribution < -0.4 is 5.32 Å². The predicted octanol–water partition coefficient (Wildman–Crippen LogP) is 3.83. The molecule has 1 aromatic heterocycles. The number of fused-ring (bicyclic) bond motifs is 1. The zero-order valence-electron chi connectivity index (χ0n) is 14.3. The number of H-pyrrole nitrogens is 1. The monoisotopic (exact) mass is 336 g/mol. The molecule has 1 heterocycles. The third-order valence-corrected chi connectivity index (χ3v) is 4.23. The van der Waals surface area contributed by atoms with Gasteiger partial charge in [-0.05, 0) is 42.7 Å². The molecule has 5 nitrogen and oxygen atoms in total. The Morgan fingerprint density at radius 1 is 1.16 bits per heavy atom. The van der Waals surface area contributed by atoms with Crippen molar-refractivity contribution in [3.8, 4) is 0 Å². The Morgan fingerprint density at radius 2 is 1.96 bits per heavy atom. The topological polar surface area (TPSA) is 71.2 Å². The largest absolute Gasteiger partial charge is 0.465 e. The van der Waals surface area contributed by atoms with Gasteiger partial charge in [0, 0.05) is 29.2 Å². The van der Waals surface area contributed by atoms with E-state index in [9.17, 15) is 9.59 Å². The number of aromatic nitrogens is 1. The van der Waals surface area contributed by atoms with Gasteiger partial charge < -0.3 is 15.0 Å². The number of aromatic amines is 1. The van der Waals surface area contributed by atoms with Crippen LogP contribution in [0.25, 0.3) is 10.9 Å². The molecule has 3 rings (SSSR count). The highest BCUT2D eigenvalue weighted by Crippen LogP contribution is 2.21. The number of amides is 1. The molecule has 5 heteroatoms. The summed E-state index contributed by atoms with van der Waals surface area (Å²) in [5, 5.41) is 4.02. The molecule has 0 bridgehead atoms. The van der Waals surface area contributed by atoms with Crippen molar-refractivity contribution in [1.82, 2.24) is 4.98 Å². The summed E-state index contributed by atoms with van der Waals surface area (Å²) in [6.07, 6.45) is 2.95. The summed E-state index contributed by atoms with van der Waals surface area (Å²) < 4.78 is 4.72. The molecule has 0 aliphatic rings. The van der Waals surface area contributed by atoms with Crippen LogP contribution in [0, 0.1) is 6.92 Å². The number of ether oxygens (including phenoxy) is 1. The van der Waals surface area contributed by atoms with E-state index in [1.54, 1.807) is 18.2 Å². The molecule has 2 N–H and O–H groups in total. The van der Waals surface area contributed by atoms with Crippen molar-refractivity contribution >= 4 is 28.5 Å². The highest BCUT2D eigenvalue weighted by atomic mass is 16.5. The number of hydrogen-bond donors (Lipinski definition) is 2. The molecule has 0 spiro atoms. The second-order valence-corrected chi connectivity index (χ2v) is 5.93. The van der Waals surface area contributed by atoms with Crippen LogP contribution in [0.2, 0.25) is 0 Å². The van der Waals surface area contributed by atoms with Gasteiger partial charge in [-0.25, -0.2) is 4.79 Å². The Labute approximate surface area is 146 Å². The summed E-state index contributed by atoms with van der Waals surface area (Å²) in [5.74, 6) is -0.510. The van der Waals surface area contributed by atoms with Gasteiger partial charge in [-0.3, -0.25) is 4.79 Å². The number of para-hydroxylation sites is 1. The minimum absolute atomic E-state index is 0.0876. The molecule has 0 radical (unpaired) electrons. The number of carbonyl (C=O) groups is 2. The van der Waals surface area contributed by atoms with Crippen LogP contribution in [-0.2, 0) is 16.0 Å². The lowest BCUT2D eigenvalue weighted by Crippen LogP contribution is -2.14. The third-order valence-electron chi connectivity index (χ3n) is 4.23. The van der Waals surface area contributed by atoms with Crippen molar-refractivity contribution in [2.45, 2.75) is 19.8 Å². The zero-order chi connectivity index (χ0) is 17.8. The first kappa shape index (κ1) is 16.8. The number of carbonyl (C=O) groups excluding carboxylic acids is 2. The van der Waals surface area contributed by atoms with Gasteiger partial charge >= 0.3 is 5.97 Å². The number of anilines is 1. The smallest absolute Gasteiger partial charge is 0.337 e. The number of rotatable bonds is 5. The molecule has 0 saturated heterocycles. The predicted molar refractivity (Wildman–Crippen MR) is 97.8 cm³/mol. The molecule has 128 valence electrons. The summed E-state index contributed by atoms with van der Waals surface area (Å²) in [7, 11) is 1.33. The maximum Gasteiger partial charge on any atom is 0.337 e. The maximum absolute atomic E-state index is 12.3. The van der Waals surface area contributed by atoms with Gasteiger partial charge in [0.1, 0.15) is 0 Å². The van der Waals surface area contributed by atoms with Crippen LogP contribution in [0.5, 0.6) is 0 Å². The number of esters is 1. The molecule has 0 saturated carbocycles. The molecule has 2 aromatic carbocycles. The minimum Gasteiger partial charge on any atom is -0.465 e. The van der Waals surface area contributed by atoms with Crippen molar-refractivity contribution < 1.29 is 14.3 Å². The number of nitrogens with one attached hydrogen (secondary N) is 2. The number of methoxy groups -OCH3 is 1. The quantitative estimate of drug-likeness (QED) is 0.696. The fourth-order valence-electron chi connectivity index (χ4n) is 2.80. The Bertz CT molecular complexity index is 928. The summed E-state index contributed by atoms with van der Waals surface area (Å²) >= 11 is 0. The first-order valence-electron chi connectivity index (χ1n) is 8.12. The second kappa shape index (κ2) is 7.21. The lowest BCUT2D eigenvalue weighted by atomic mass is 10.1. The highest BCUT2D eigenvalue weighted by Gasteiger charge is 2.11. The third kappa shape index (κ3) is 3.71. The standard InChI is InChI=1S/C20H20N2O3/c1-13-7-8-14(20(24)25-2)11-18(13)22-19(23)10-9-15-12-21-17-6-4-3-5-16(15)17/h3-8,11-12,21H,9-10H2,1-2H3,(H,22,23). The van der Waals surface area contributed by atoms with E-state index in [4.69, 9.17) is 4.74 Å². The molecule has 3 aromatic rings. The Balaban J connectivity index is 1.67. The van der Waals surface area contributed by atoms with E-state index < -0.39 is 5.97 Å². The van der Waals surface area contributed by atoms with Crippen molar-refractivity contribution in [2.24, 2.45) is 0 Å². The fraction of sp³-hybridized carbons (Fsp3) is 0.200. The maximum atomic E-state index is 12.3. The van der Waals surface area contributed by atoms with E-state index in [2.05, 4.69) is 10.3 Å². The second-order valence-electron chi connectivity index (χ2n) is 5.93. The number of hydrogen-bond acceptors (Lipinski definition) is 3. The van der Waals surface area contributed by atoms with Gasteiger partial charge in [-0.1, -0.05) is 24.3 Å². The van der Waals surface area contributed by atoms with Crippen molar-refractivity contribution in [1.29, 1.82) is 0 Å². The summed E-state index contributed by atoms with van der Waals surface area (Å²) in [5.41, 5.74) is 4.13. The molecular formula is C20H20N2O3. The Hall–Kier alpha value is -3.08. The zero-order valence-corrected chi connectivity index (χ0v) is 14.3. The van der Waals surface area contributed by atoms with Crippen molar-refractivity contribution in [3.63, 3.8) is 0 Å². The first-order chi connectivity index (χ1) is 12.1. The fourth-order valence-corrected chi connectivity index (χ4v) is 2.80. The molecule has 1 amide bonds. The number of aryl methyl sites for hydroxylation is 2. The molecule has 0 fully saturated rings. The van der Waals surface area contributed by atoms with Crippen LogP contribution in [0.15, 0.2) is 48.7 Å². The van der Waals surface area contributed by atoms with Gasteiger partial charge in [0.05, 0.1) is 12.7 Å². The van der Waals surface area contributed by atoms with Crippen molar-refractivity contribution in [3.05, 3.63) is 65.4 Å². The SMILES string of the molecule is COC(=O)c1ccc(C)c(NC(=O)CCc2c[nH]c3ccccc23)c1. The van der Waals surface area contributed by atoms with Gasteiger partial charge in [-0.2, -0.15) is 0 Å². The number of benzene rings is 2. The molecule has 0 aliphatic heterocycles. The molecule has 25 heavy (non-hydrogen) atoms. The lowest BCUT2D eigenvalue weighted by Gasteiger charge is -2.10. The molecule has 0 aliphatic carbocycles. The Morgan fingerprint density at radius 3 is 2.76 bits per heavy atom. The van der Waals surface area contributed by atoms with E-state index in [1.165, 1.54) is 7.11 Å². The normalized spacial score (nSPS) is 10.6. The van der Waals surface area contributed by atoms with Gasteiger partial charge in [0.2, 0.25) is 5.91 Å². The first-order valence-corrected chi connectivity index (χ1v) is 8.12. The summed E-state index contributed by atoms with van der Waals surface area (Å²) in [4.78, 5) is 27.2.